The zero-order valence-corrected chi connectivity index (χ0v) is 13.7. The third-order valence-electron chi connectivity index (χ3n) is 4.09. The predicted octanol–water partition coefficient (Wildman–Crippen LogP) is 1.53. The van der Waals surface area contributed by atoms with Crippen molar-refractivity contribution in [3.05, 3.63) is 54.0 Å². The Morgan fingerprint density at radius 2 is 2.04 bits per heavy atom. The molecule has 1 aromatic carbocycles. The van der Waals surface area contributed by atoms with Crippen molar-refractivity contribution in [2.24, 2.45) is 0 Å². The first-order valence-electron chi connectivity index (χ1n) is 7.91. The number of fused-ring (bicyclic) bond motifs is 1. The highest BCUT2D eigenvalue weighted by Gasteiger charge is 2.38. The number of carbonyl (C=O) groups excluding carboxylic acids is 3. The summed E-state index contributed by atoms with van der Waals surface area (Å²) in [4.78, 5) is 38.0. The molecule has 7 nitrogen and oxygen atoms in total. The lowest BCUT2D eigenvalue weighted by Gasteiger charge is -2.23. The van der Waals surface area contributed by atoms with Gasteiger partial charge in [0, 0.05) is 25.1 Å². The van der Waals surface area contributed by atoms with E-state index in [1.165, 1.54) is 18.3 Å². The van der Waals surface area contributed by atoms with Gasteiger partial charge in [-0.2, -0.15) is 0 Å². The zero-order chi connectivity index (χ0) is 17.8. The normalized spacial score (nSPS) is 15.6. The van der Waals surface area contributed by atoms with Gasteiger partial charge in [-0.15, -0.1) is 0 Å². The van der Waals surface area contributed by atoms with Crippen molar-refractivity contribution < 1.29 is 23.5 Å². The molecule has 7 heteroatoms. The van der Waals surface area contributed by atoms with E-state index in [1.54, 1.807) is 18.2 Å². The highest BCUT2D eigenvalue weighted by atomic mass is 16.5. The Kier molecular flexibility index (Phi) is 4.83. The van der Waals surface area contributed by atoms with E-state index in [1.807, 2.05) is 18.2 Å². The molecule has 1 N–H and O–H groups in total. The molecule has 0 bridgehead atoms. The molecule has 1 aromatic heterocycles. The van der Waals surface area contributed by atoms with Gasteiger partial charge in [-0.25, -0.2) is 4.79 Å². The van der Waals surface area contributed by atoms with Gasteiger partial charge < -0.3 is 14.5 Å². The van der Waals surface area contributed by atoms with Crippen LogP contribution in [-0.2, 0) is 20.7 Å². The van der Waals surface area contributed by atoms with E-state index in [0.29, 0.717) is 12.1 Å². The number of methoxy groups -OCH3 is 1. The number of hydrogen-bond acceptors (Lipinski definition) is 5. The number of nitrogens with one attached hydrogen (secondary N) is 1. The zero-order valence-electron chi connectivity index (χ0n) is 13.7. The Morgan fingerprint density at radius 3 is 2.76 bits per heavy atom. The van der Waals surface area contributed by atoms with Crippen molar-refractivity contribution in [3.8, 4) is 0 Å². The standard InChI is InChI=1S/C18H18N2O5/c1-24-18(23)14-11-12-5-2-3-6-13(12)20(14)16(21)8-9-19-17(22)15-7-4-10-25-15/h2-7,10,14H,8-9,11H2,1H3,(H,19,22)/t14-/m1/s1. The fourth-order valence-corrected chi connectivity index (χ4v) is 2.92. The lowest BCUT2D eigenvalue weighted by Crippen LogP contribution is -2.44. The summed E-state index contributed by atoms with van der Waals surface area (Å²) in [6.07, 6.45) is 1.89. The molecule has 0 saturated carbocycles. The minimum Gasteiger partial charge on any atom is -0.467 e. The van der Waals surface area contributed by atoms with Crippen molar-refractivity contribution in [3.63, 3.8) is 0 Å². The second kappa shape index (κ2) is 7.21. The minimum atomic E-state index is -0.671. The summed E-state index contributed by atoms with van der Waals surface area (Å²) in [5.41, 5.74) is 1.63. The van der Waals surface area contributed by atoms with Crippen molar-refractivity contribution in [1.82, 2.24) is 5.32 Å². The topological polar surface area (TPSA) is 88.9 Å². The van der Waals surface area contributed by atoms with Crippen molar-refractivity contribution in [2.45, 2.75) is 18.9 Å². The highest BCUT2D eigenvalue weighted by Crippen LogP contribution is 2.33. The second-order valence-electron chi connectivity index (χ2n) is 5.62. The maximum atomic E-state index is 12.7. The Bertz CT molecular complexity index is 785. The third-order valence-corrected chi connectivity index (χ3v) is 4.09. The Morgan fingerprint density at radius 1 is 1.24 bits per heavy atom. The molecule has 2 amide bonds. The van der Waals surface area contributed by atoms with Gasteiger partial charge in [0.15, 0.2) is 5.76 Å². The number of ether oxygens (including phenoxy) is 1. The smallest absolute Gasteiger partial charge is 0.329 e. The Hall–Kier alpha value is -3.09. The van der Waals surface area contributed by atoms with Crippen LogP contribution in [0.3, 0.4) is 0 Å². The molecule has 0 fully saturated rings. The SMILES string of the molecule is COC(=O)[C@H]1Cc2ccccc2N1C(=O)CCNC(=O)c1ccco1. The monoisotopic (exact) mass is 342 g/mol. The molecule has 25 heavy (non-hydrogen) atoms. The number of rotatable bonds is 5. The van der Waals surface area contributed by atoms with Crippen LogP contribution in [0.25, 0.3) is 0 Å². The van der Waals surface area contributed by atoms with Crippen LogP contribution in [0.15, 0.2) is 47.1 Å². The Labute approximate surface area is 144 Å². The summed E-state index contributed by atoms with van der Waals surface area (Å²) in [5.74, 6) is -0.903. The van der Waals surface area contributed by atoms with Gasteiger partial charge in [-0.3, -0.25) is 14.5 Å². The number of anilines is 1. The van der Waals surface area contributed by atoms with Crippen LogP contribution in [0.5, 0.6) is 0 Å². The number of carbonyl (C=O) groups is 3. The fourth-order valence-electron chi connectivity index (χ4n) is 2.92. The van der Waals surface area contributed by atoms with Crippen LogP contribution < -0.4 is 10.2 Å². The molecule has 1 aliphatic heterocycles. The molecule has 1 atom stereocenters. The second-order valence-corrected chi connectivity index (χ2v) is 5.62. The molecule has 3 rings (SSSR count). The molecular weight excluding hydrogens is 324 g/mol. The van der Waals surface area contributed by atoms with Gasteiger partial charge in [0.1, 0.15) is 6.04 Å². The summed E-state index contributed by atoms with van der Waals surface area (Å²) in [6, 6.07) is 9.86. The fraction of sp³-hybridized carbons (Fsp3) is 0.278. The molecule has 0 spiro atoms. The minimum absolute atomic E-state index is 0.0638. The first-order chi connectivity index (χ1) is 12.1. The molecule has 2 aromatic rings. The molecule has 130 valence electrons. The van der Waals surface area contributed by atoms with E-state index >= 15 is 0 Å². The number of para-hydroxylation sites is 1. The Balaban J connectivity index is 1.66. The van der Waals surface area contributed by atoms with Gasteiger partial charge in [0.2, 0.25) is 5.91 Å². The van der Waals surface area contributed by atoms with Crippen LogP contribution in [-0.4, -0.2) is 37.5 Å². The summed E-state index contributed by atoms with van der Waals surface area (Å²) < 4.78 is 9.82. The molecule has 0 unspecified atom stereocenters. The number of esters is 1. The molecular formula is C18H18N2O5. The average Bonchev–Trinajstić information content (AvgIpc) is 3.28. The van der Waals surface area contributed by atoms with Gasteiger partial charge in [-0.05, 0) is 23.8 Å². The number of nitrogens with zero attached hydrogens (tertiary/aromatic N) is 1. The van der Waals surface area contributed by atoms with E-state index in [-0.39, 0.29) is 30.5 Å². The molecule has 1 aliphatic rings. The third kappa shape index (κ3) is 3.40. The summed E-state index contributed by atoms with van der Waals surface area (Å²) in [5, 5.41) is 2.63. The van der Waals surface area contributed by atoms with Gasteiger partial charge in [0.25, 0.3) is 5.91 Å². The highest BCUT2D eigenvalue weighted by molar-refractivity contribution is 6.02. The average molecular weight is 342 g/mol. The maximum Gasteiger partial charge on any atom is 0.329 e. The first kappa shape index (κ1) is 16.8. The van der Waals surface area contributed by atoms with Gasteiger partial charge in [0.05, 0.1) is 13.4 Å². The van der Waals surface area contributed by atoms with Gasteiger partial charge in [-0.1, -0.05) is 18.2 Å². The summed E-state index contributed by atoms with van der Waals surface area (Å²) >= 11 is 0. The molecule has 0 saturated heterocycles. The van der Waals surface area contributed by atoms with Gasteiger partial charge >= 0.3 is 5.97 Å². The van der Waals surface area contributed by atoms with Crippen LogP contribution in [0.4, 0.5) is 5.69 Å². The van der Waals surface area contributed by atoms with Crippen LogP contribution in [0, 0.1) is 0 Å². The largest absolute Gasteiger partial charge is 0.467 e. The van der Waals surface area contributed by atoms with Crippen LogP contribution in [0.2, 0.25) is 0 Å². The maximum absolute atomic E-state index is 12.7. The molecule has 2 heterocycles. The quantitative estimate of drug-likeness (QED) is 0.833. The number of benzene rings is 1. The molecule has 0 radical (unpaired) electrons. The van der Waals surface area contributed by atoms with Crippen molar-refractivity contribution >= 4 is 23.5 Å². The predicted molar refractivity (Wildman–Crippen MR) is 89.1 cm³/mol. The van der Waals surface area contributed by atoms with Crippen molar-refractivity contribution in [1.29, 1.82) is 0 Å². The van der Waals surface area contributed by atoms with E-state index in [4.69, 9.17) is 9.15 Å². The summed E-state index contributed by atoms with van der Waals surface area (Å²) in [6.45, 7) is 0.144. The van der Waals surface area contributed by atoms with E-state index < -0.39 is 12.0 Å². The number of furan rings is 1. The first-order valence-corrected chi connectivity index (χ1v) is 7.91. The van der Waals surface area contributed by atoms with Crippen LogP contribution >= 0.6 is 0 Å². The lowest BCUT2D eigenvalue weighted by molar-refractivity contribution is -0.143. The van der Waals surface area contributed by atoms with E-state index in [9.17, 15) is 14.4 Å². The van der Waals surface area contributed by atoms with E-state index in [0.717, 1.165) is 5.56 Å². The van der Waals surface area contributed by atoms with Crippen LogP contribution in [0.1, 0.15) is 22.5 Å². The number of amides is 2. The number of hydrogen-bond donors (Lipinski definition) is 1. The lowest BCUT2D eigenvalue weighted by atomic mass is 10.1. The summed E-state index contributed by atoms with van der Waals surface area (Å²) in [7, 11) is 1.30. The molecule has 0 aliphatic carbocycles. The van der Waals surface area contributed by atoms with Crippen molar-refractivity contribution in [2.75, 3.05) is 18.6 Å². The van der Waals surface area contributed by atoms with E-state index in [2.05, 4.69) is 5.32 Å².